The van der Waals surface area contributed by atoms with Crippen LogP contribution in [0.4, 0.5) is 0 Å². The quantitative estimate of drug-likeness (QED) is 0.845. The largest absolute Gasteiger partial charge is 0.376 e. The summed E-state index contributed by atoms with van der Waals surface area (Å²) < 4.78 is 13.8. The first-order chi connectivity index (χ1) is 11.8. The van der Waals surface area contributed by atoms with Gasteiger partial charge in [-0.15, -0.1) is 0 Å². The van der Waals surface area contributed by atoms with E-state index in [4.69, 9.17) is 14.5 Å². The molecule has 0 N–H and O–H groups in total. The van der Waals surface area contributed by atoms with Gasteiger partial charge in [0, 0.05) is 38.6 Å². The second-order valence-corrected chi connectivity index (χ2v) is 7.10. The number of hydrogen-bond donors (Lipinski definition) is 0. The van der Waals surface area contributed by atoms with Crippen LogP contribution in [0.2, 0.25) is 0 Å². The highest BCUT2D eigenvalue weighted by Crippen LogP contribution is 2.19. The summed E-state index contributed by atoms with van der Waals surface area (Å²) in [7, 11) is 0. The van der Waals surface area contributed by atoms with E-state index in [0.29, 0.717) is 12.2 Å². The summed E-state index contributed by atoms with van der Waals surface area (Å²) in [5.41, 5.74) is 3.45. The zero-order valence-electron chi connectivity index (χ0n) is 14.5. The average Bonchev–Trinajstić information content (AvgIpc) is 3.24. The molecule has 0 spiro atoms. The van der Waals surface area contributed by atoms with Crippen molar-refractivity contribution in [3.05, 3.63) is 35.8 Å². The lowest BCUT2D eigenvalue weighted by molar-refractivity contribution is -0.0427. The number of ether oxygens (including phenoxy) is 2. The van der Waals surface area contributed by atoms with E-state index in [0.717, 1.165) is 63.5 Å². The van der Waals surface area contributed by atoms with E-state index in [9.17, 15) is 0 Å². The van der Waals surface area contributed by atoms with E-state index < -0.39 is 0 Å². The zero-order chi connectivity index (χ0) is 16.4. The molecule has 24 heavy (non-hydrogen) atoms. The number of likely N-dealkylation sites (tertiary alicyclic amines) is 1. The first kappa shape index (κ1) is 16.1. The van der Waals surface area contributed by atoms with Gasteiger partial charge in [0.05, 0.1) is 24.5 Å². The molecular formula is C19H27N3O2. The number of nitrogens with zero attached hydrogens (tertiary/aromatic N) is 3. The Morgan fingerprint density at radius 3 is 2.92 bits per heavy atom. The van der Waals surface area contributed by atoms with Crippen LogP contribution in [-0.4, -0.2) is 52.8 Å². The average molecular weight is 329 g/mol. The Morgan fingerprint density at radius 2 is 2.17 bits per heavy atom. The van der Waals surface area contributed by atoms with Crippen LogP contribution in [0, 0.1) is 6.92 Å². The molecule has 0 amide bonds. The monoisotopic (exact) mass is 329 g/mol. The molecule has 2 aromatic rings. The lowest BCUT2D eigenvalue weighted by atomic mass is 10.1. The third kappa shape index (κ3) is 3.63. The number of rotatable bonds is 5. The van der Waals surface area contributed by atoms with Crippen LogP contribution >= 0.6 is 0 Å². The van der Waals surface area contributed by atoms with E-state index >= 15 is 0 Å². The first-order valence-electron chi connectivity index (χ1n) is 9.17. The molecule has 2 aliphatic heterocycles. The Bertz CT molecular complexity index is 670. The Morgan fingerprint density at radius 1 is 1.29 bits per heavy atom. The predicted molar refractivity (Wildman–Crippen MR) is 93.2 cm³/mol. The van der Waals surface area contributed by atoms with Crippen molar-refractivity contribution in [3.8, 4) is 0 Å². The molecule has 130 valence electrons. The SMILES string of the molecule is Cc1cccn2cc(CN3CCC(OC[C@@H]4CCCO4)CC3)nc12. The zero-order valence-corrected chi connectivity index (χ0v) is 14.5. The Labute approximate surface area is 143 Å². The van der Waals surface area contributed by atoms with Gasteiger partial charge in [-0.2, -0.15) is 0 Å². The number of pyridine rings is 1. The minimum atomic E-state index is 0.337. The molecule has 0 saturated carbocycles. The number of hydrogen-bond acceptors (Lipinski definition) is 4. The molecule has 4 rings (SSSR count). The summed E-state index contributed by atoms with van der Waals surface area (Å²) in [6.07, 6.45) is 9.53. The number of fused-ring (bicyclic) bond motifs is 1. The van der Waals surface area contributed by atoms with Crippen LogP contribution in [0.3, 0.4) is 0 Å². The highest BCUT2D eigenvalue weighted by Gasteiger charge is 2.23. The van der Waals surface area contributed by atoms with E-state index in [2.05, 4.69) is 40.8 Å². The first-order valence-corrected chi connectivity index (χ1v) is 9.17. The van der Waals surface area contributed by atoms with Crippen molar-refractivity contribution in [1.29, 1.82) is 0 Å². The summed E-state index contributed by atoms with van der Waals surface area (Å²) in [5.74, 6) is 0. The van der Waals surface area contributed by atoms with E-state index in [-0.39, 0.29) is 0 Å². The Balaban J connectivity index is 1.27. The molecule has 2 fully saturated rings. The summed E-state index contributed by atoms with van der Waals surface area (Å²) in [5, 5.41) is 0. The molecule has 1 atom stereocenters. The van der Waals surface area contributed by atoms with Gasteiger partial charge in [0.2, 0.25) is 0 Å². The number of piperidine rings is 1. The molecule has 4 heterocycles. The fourth-order valence-electron chi connectivity index (χ4n) is 3.76. The van der Waals surface area contributed by atoms with Gasteiger partial charge in [-0.05, 0) is 44.2 Å². The molecule has 5 nitrogen and oxygen atoms in total. The van der Waals surface area contributed by atoms with Gasteiger partial charge in [-0.3, -0.25) is 4.90 Å². The topological polar surface area (TPSA) is 39.0 Å². The second-order valence-electron chi connectivity index (χ2n) is 7.10. The minimum Gasteiger partial charge on any atom is -0.376 e. The summed E-state index contributed by atoms with van der Waals surface area (Å²) >= 11 is 0. The third-order valence-corrected chi connectivity index (χ3v) is 5.19. The van der Waals surface area contributed by atoms with Gasteiger partial charge in [0.1, 0.15) is 5.65 Å². The fourth-order valence-corrected chi connectivity index (χ4v) is 3.76. The van der Waals surface area contributed by atoms with Crippen LogP contribution in [0.1, 0.15) is 36.9 Å². The Kier molecular flexibility index (Phi) is 4.83. The van der Waals surface area contributed by atoms with Crippen LogP contribution in [0.5, 0.6) is 0 Å². The molecular weight excluding hydrogens is 302 g/mol. The van der Waals surface area contributed by atoms with Crippen LogP contribution in [0.15, 0.2) is 24.5 Å². The standard InChI is InChI=1S/C19H27N3O2/c1-15-4-2-8-22-13-16(20-19(15)22)12-21-9-6-17(7-10-21)24-14-18-5-3-11-23-18/h2,4,8,13,17-18H,3,5-7,9-12,14H2,1H3/t18-/m0/s1. The molecule has 2 aromatic heterocycles. The predicted octanol–water partition coefficient (Wildman–Crippen LogP) is 2.80. The van der Waals surface area contributed by atoms with Gasteiger partial charge in [0.25, 0.3) is 0 Å². The highest BCUT2D eigenvalue weighted by molar-refractivity contribution is 5.47. The van der Waals surface area contributed by atoms with Crippen molar-refractivity contribution in [2.75, 3.05) is 26.3 Å². The number of aromatic nitrogens is 2. The van der Waals surface area contributed by atoms with Crippen molar-refractivity contribution in [3.63, 3.8) is 0 Å². The van der Waals surface area contributed by atoms with Gasteiger partial charge in [-0.25, -0.2) is 4.98 Å². The highest BCUT2D eigenvalue weighted by atomic mass is 16.5. The van der Waals surface area contributed by atoms with Crippen LogP contribution in [-0.2, 0) is 16.0 Å². The van der Waals surface area contributed by atoms with Crippen molar-refractivity contribution in [2.24, 2.45) is 0 Å². The molecule has 2 aliphatic rings. The van der Waals surface area contributed by atoms with Gasteiger partial charge in [-0.1, -0.05) is 6.07 Å². The van der Waals surface area contributed by atoms with E-state index in [1.165, 1.54) is 12.0 Å². The Hall–Kier alpha value is -1.43. The minimum absolute atomic E-state index is 0.337. The van der Waals surface area contributed by atoms with E-state index in [1.54, 1.807) is 0 Å². The third-order valence-electron chi connectivity index (χ3n) is 5.19. The van der Waals surface area contributed by atoms with Crippen molar-refractivity contribution in [1.82, 2.24) is 14.3 Å². The lowest BCUT2D eigenvalue weighted by Crippen LogP contribution is -2.37. The van der Waals surface area contributed by atoms with Crippen LogP contribution in [0.25, 0.3) is 5.65 Å². The lowest BCUT2D eigenvalue weighted by Gasteiger charge is -2.31. The summed E-state index contributed by atoms with van der Waals surface area (Å²) in [6, 6.07) is 4.19. The van der Waals surface area contributed by atoms with Crippen molar-refractivity contribution in [2.45, 2.75) is 51.4 Å². The molecule has 0 bridgehead atoms. The fraction of sp³-hybridized carbons (Fsp3) is 0.632. The molecule has 0 unspecified atom stereocenters. The van der Waals surface area contributed by atoms with Crippen molar-refractivity contribution >= 4 is 5.65 Å². The number of aryl methyl sites for hydroxylation is 1. The van der Waals surface area contributed by atoms with Crippen LogP contribution < -0.4 is 0 Å². The molecule has 5 heteroatoms. The maximum Gasteiger partial charge on any atom is 0.139 e. The summed E-state index contributed by atoms with van der Waals surface area (Å²) in [6.45, 7) is 6.90. The number of imidazole rings is 1. The molecule has 0 radical (unpaired) electrons. The smallest absolute Gasteiger partial charge is 0.139 e. The maximum absolute atomic E-state index is 6.06. The van der Waals surface area contributed by atoms with Crippen molar-refractivity contribution < 1.29 is 9.47 Å². The van der Waals surface area contributed by atoms with Gasteiger partial charge < -0.3 is 13.9 Å². The molecule has 0 aliphatic carbocycles. The summed E-state index contributed by atoms with van der Waals surface area (Å²) in [4.78, 5) is 7.28. The molecule has 0 aromatic carbocycles. The molecule has 2 saturated heterocycles. The normalized spacial score (nSPS) is 23.3. The van der Waals surface area contributed by atoms with E-state index in [1.807, 2.05) is 0 Å². The van der Waals surface area contributed by atoms with Gasteiger partial charge in [0.15, 0.2) is 0 Å². The second kappa shape index (κ2) is 7.21. The maximum atomic E-state index is 6.06. The van der Waals surface area contributed by atoms with Gasteiger partial charge >= 0.3 is 0 Å².